The lowest BCUT2D eigenvalue weighted by Gasteiger charge is -1.97. The lowest BCUT2D eigenvalue weighted by atomic mass is 10.1. The van der Waals surface area contributed by atoms with Gasteiger partial charge >= 0.3 is 13.4 Å². The summed E-state index contributed by atoms with van der Waals surface area (Å²) in [5.74, 6) is 0. The van der Waals surface area contributed by atoms with Gasteiger partial charge in [0.2, 0.25) is 0 Å². The quantitative estimate of drug-likeness (QED) is 0.483. The molecule has 0 fully saturated rings. The molecule has 2 rings (SSSR count). The predicted molar refractivity (Wildman–Crippen MR) is 61.5 cm³/mol. The largest absolute Gasteiger partial charge is 0.466 e. The summed E-state index contributed by atoms with van der Waals surface area (Å²) in [5, 5.41) is 0.997. The molecule has 0 saturated heterocycles. The van der Waals surface area contributed by atoms with Crippen molar-refractivity contribution >= 4 is 18.8 Å². The monoisotopic (exact) mass is 258 g/mol. The molecule has 17 heavy (non-hydrogen) atoms. The van der Waals surface area contributed by atoms with Crippen LogP contribution in [0.15, 0.2) is 39.5 Å². The minimum Gasteiger partial charge on any atom is -0.423 e. The molecule has 0 aliphatic rings. The molecule has 1 aromatic heterocycles. The SMILES string of the molecule is Cc1cc(=O)oc2ccccc12.O=P(O)(O)O. The molecule has 0 aliphatic carbocycles. The van der Waals surface area contributed by atoms with Crippen LogP contribution in [-0.4, -0.2) is 14.7 Å². The van der Waals surface area contributed by atoms with Gasteiger partial charge in [-0.25, -0.2) is 9.36 Å². The van der Waals surface area contributed by atoms with Crippen molar-refractivity contribution in [3.63, 3.8) is 0 Å². The van der Waals surface area contributed by atoms with Gasteiger partial charge in [-0.3, -0.25) is 0 Å². The Hall–Kier alpha value is -1.46. The molecule has 0 spiro atoms. The highest BCUT2D eigenvalue weighted by Gasteiger charge is 2.00. The summed E-state index contributed by atoms with van der Waals surface area (Å²) in [4.78, 5) is 32.5. The summed E-state index contributed by atoms with van der Waals surface area (Å²) in [7, 11) is -4.64. The van der Waals surface area contributed by atoms with Crippen LogP contribution in [0.25, 0.3) is 11.0 Å². The van der Waals surface area contributed by atoms with E-state index < -0.39 is 7.82 Å². The number of rotatable bonds is 0. The van der Waals surface area contributed by atoms with Crippen LogP contribution in [0.1, 0.15) is 5.56 Å². The van der Waals surface area contributed by atoms with Crippen molar-refractivity contribution in [3.05, 3.63) is 46.3 Å². The van der Waals surface area contributed by atoms with E-state index in [1.165, 1.54) is 6.07 Å². The fraction of sp³-hybridized carbons (Fsp3) is 0.100. The maximum Gasteiger partial charge on any atom is 0.466 e. The van der Waals surface area contributed by atoms with Gasteiger partial charge in [0.15, 0.2) is 0 Å². The van der Waals surface area contributed by atoms with Crippen molar-refractivity contribution in [1.82, 2.24) is 0 Å². The second kappa shape index (κ2) is 5.25. The minimum atomic E-state index is -4.64. The molecule has 0 bridgehead atoms. The van der Waals surface area contributed by atoms with E-state index in [1.54, 1.807) is 6.07 Å². The van der Waals surface area contributed by atoms with Crippen molar-refractivity contribution in [2.24, 2.45) is 0 Å². The summed E-state index contributed by atoms with van der Waals surface area (Å²) < 4.78 is 13.9. The van der Waals surface area contributed by atoms with Crippen LogP contribution in [0.3, 0.4) is 0 Å². The molecular formula is C10H11O6P. The summed E-state index contributed by atoms with van der Waals surface area (Å²) >= 11 is 0. The Balaban J connectivity index is 0.000000249. The van der Waals surface area contributed by atoms with E-state index in [9.17, 15) is 4.79 Å². The molecular weight excluding hydrogens is 247 g/mol. The van der Waals surface area contributed by atoms with Gasteiger partial charge in [0, 0.05) is 11.5 Å². The normalized spacial score (nSPS) is 10.8. The van der Waals surface area contributed by atoms with Crippen molar-refractivity contribution in [3.8, 4) is 0 Å². The van der Waals surface area contributed by atoms with Gasteiger partial charge in [0.25, 0.3) is 0 Å². The Morgan fingerprint density at radius 1 is 1.18 bits per heavy atom. The Morgan fingerprint density at radius 2 is 1.71 bits per heavy atom. The predicted octanol–water partition coefficient (Wildman–Crippen LogP) is 1.17. The van der Waals surface area contributed by atoms with Gasteiger partial charge < -0.3 is 19.1 Å². The highest BCUT2D eigenvalue weighted by Crippen LogP contribution is 2.25. The van der Waals surface area contributed by atoms with E-state index in [1.807, 2.05) is 25.1 Å². The van der Waals surface area contributed by atoms with E-state index in [0.717, 1.165) is 10.9 Å². The first-order chi connectivity index (χ1) is 7.77. The molecule has 2 aromatic rings. The molecule has 0 atom stereocenters. The third-order valence-electron chi connectivity index (χ3n) is 1.86. The number of benzene rings is 1. The smallest absolute Gasteiger partial charge is 0.423 e. The second-order valence-corrected chi connectivity index (χ2v) is 4.28. The fourth-order valence-corrected chi connectivity index (χ4v) is 1.27. The molecule has 6 nitrogen and oxygen atoms in total. The number of phosphoric acid groups is 1. The van der Waals surface area contributed by atoms with E-state index in [0.29, 0.717) is 5.58 Å². The standard InChI is InChI=1S/C10H8O2.H3O4P/c1-7-6-10(11)12-9-5-3-2-4-8(7)9;1-5(2,3)4/h2-6H,1H3;(H3,1,2,3,4). The van der Waals surface area contributed by atoms with Gasteiger partial charge in [-0.05, 0) is 18.6 Å². The van der Waals surface area contributed by atoms with Gasteiger partial charge in [-0.2, -0.15) is 0 Å². The van der Waals surface area contributed by atoms with Crippen LogP contribution in [0.2, 0.25) is 0 Å². The zero-order valence-corrected chi connectivity index (χ0v) is 9.79. The number of para-hydroxylation sites is 1. The lowest BCUT2D eigenvalue weighted by molar-refractivity contribution is 0.275. The summed E-state index contributed by atoms with van der Waals surface area (Å²) in [5.41, 5.74) is 1.33. The van der Waals surface area contributed by atoms with Crippen LogP contribution >= 0.6 is 7.82 Å². The maximum atomic E-state index is 10.9. The van der Waals surface area contributed by atoms with Crippen molar-refractivity contribution in [2.45, 2.75) is 6.92 Å². The van der Waals surface area contributed by atoms with Crippen LogP contribution in [-0.2, 0) is 4.57 Å². The van der Waals surface area contributed by atoms with E-state index in [2.05, 4.69) is 0 Å². The summed E-state index contributed by atoms with van der Waals surface area (Å²) in [6.45, 7) is 1.90. The van der Waals surface area contributed by atoms with Crippen molar-refractivity contribution in [1.29, 1.82) is 0 Å². The average Bonchev–Trinajstić information content (AvgIpc) is 2.14. The van der Waals surface area contributed by atoms with Gasteiger partial charge in [-0.1, -0.05) is 18.2 Å². The van der Waals surface area contributed by atoms with Gasteiger partial charge in [0.05, 0.1) is 0 Å². The van der Waals surface area contributed by atoms with E-state index in [-0.39, 0.29) is 5.63 Å². The van der Waals surface area contributed by atoms with Crippen molar-refractivity contribution in [2.75, 3.05) is 0 Å². The average molecular weight is 258 g/mol. The highest BCUT2D eigenvalue weighted by molar-refractivity contribution is 7.45. The fourth-order valence-electron chi connectivity index (χ4n) is 1.27. The number of fused-ring (bicyclic) bond motifs is 1. The highest BCUT2D eigenvalue weighted by atomic mass is 31.2. The third kappa shape index (κ3) is 4.93. The topological polar surface area (TPSA) is 108 Å². The Morgan fingerprint density at radius 3 is 2.29 bits per heavy atom. The van der Waals surface area contributed by atoms with Crippen LogP contribution in [0.5, 0.6) is 0 Å². The number of aryl methyl sites for hydroxylation is 1. The van der Waals surface area contributed by atoms with Crippen LogP contribution in [0.4, 0.5) is 0 Å². The maximum absolute atomic E-state index is 10.9. The first kappa shape index (κ1) is 13.6. The molecule has 1 heterocycles. The molecule has 1 aromatic carbocycles. The van der Waals surface area contributed by atoms with Gasteiger partial charge in [-0.15, -0.1) is 0 Å². The minimum absolute atomic E-state index is 0.286. The molecule has 7 heteroatoms. The first-order valence-electron chi connectivity index (χ1n) is 4.55. The molecule has 3 N–H and O–H groups in total. The van der Waals surface area contributed by atoms with Crippen LogP contribution < -0.4 is 5.63 Å². The first-order valence-corrected chi connectivity index (χ1v) is 6.11. The van der Waals surface area contributed by atoms with E-state index >= 15 is 0 Å². The Labute approximate surface area is 96.4 Å². The van der Waals surface area contributed by atoms with Crippen molar-refractivity contribution < 1.29 is 23.7 Å². The zero-order valence-electron chi connectivity index (χ0n) is 8.90. The molecule has 0 aliphatic heterocycles. The van der Waals surface area contributed by atoms with Crippen LogP contribution in [0, 0.1) is 6.92 Å². The molecule has 0 radical (unpaired) electrons. The Kier molecular flexibility index (Phi) is 4.20. The Bertz CT molecular complexity index is 603. The molecule has 0 unspecified atom stereocenters. The summed E-state index contributed by atoms with van der Waals surface area (Å²) in [6.07, 6.45) is 0. The van der Waals surface area contributed by atoms with Gasteiger partial charge in [0.1, 0.15) is 5.58 Å². The molecule has 0 amide bonds. The molecule has 0 saturated carbocycles. The zero-order chi connectivity index (χ0) is 13.1. The molecule has 92 valence electrons. The summed E-state index contributed by atoms with van der Waals surface area (Å²) in [6, 6.07) is 9.01. The van der Waals surface area contributed by atoms with E-state index in [4.69, 9.17) is 23.7 Å². The number of hydrogen-bond acceptors (Lipinski definition) is 3. The lowest BCUT2D eigenvalue weighted by Crippen LogP contribution is -1.97. The number of hydrogen-bond donors (Lipinski definition) is 3. The third-order valence-corrected chi connectivity index (χ3v) is 1.86. The second-order valence-electron chi connectivity index (χ2n) is 3.26.